The van der Waals surface area contributed by atoms with Crippen LogP contribution in [0.2, 0.25) is 0 Å². The van der Waals surface area contributed by atoms with Gasteiger partial charge in [-0.25, -0.2) is 4.98 Å². The van der Waals surface area contributed by atoms with E-state index in [9.17, 15) is 0 Å². The number of rotatable bonds is 5. The number of aryl methyl sites for hydroxylation is 2. The molecule has 4 heteroatoms. The summed E-state index contributed by atoms with van der Waals surface area (Å²) in [7, 11) is 0. The number of para-hydroxylation sites is 2. The Bertz CT molecular complexity index is 973. The summed E-state index contributed by atoms with van der Waals surface area (Å²) in [6, 6.07) is 18.6. The highest BCUT2D eigenvalue weighted by atomic mass is 15.1. The third kappa shape index (κ3) is 2.71. The van der Waals surface area contributed by atoms with Crippen LogP contribution in [0.5, 0.6) is 0 Å². The van der Waals surface area contributed by atoms with E-state index in [2.05, 4.69) is 69.2 Å². The summed E-state index contributed by atoms with van der Waals surface area (Å²) in [5.41, 5.74) is 4.35. The molecular formula is C20H20N4. The number of nitrogens with one attached hydrogen (secondary N) is 1. The van der Waals surface area contributed by atoms with Crippen molar-refractivity contribution in [3.63, 3.8) is 0 Å². The van der Waals surface area contributed by atoms with Crippen LogP contribution in [-0.4, -0.2) is 21.1 Å². The van der Waals surface area contributed by atoms with Crippen LogP contribution in [0.15, 0.2) is 60.8 Å². The van der Waals surface area contributed by atoms with E-state index in [-0.39, 0.29) is 0 Å². The van der Waals surface area contributed by atoms with Gasteiger partial charge in [-0.15, -0.1) is 0 Å². The number of hydrogen-bond donors (Lipinski definition) is 1. The van der Waals surface area contributed by atoms with Crippen LogP contribution < -0.4 is 5.32 Å². The maximum Gasteiger partial charge on any atom is 0.108 e. The molecule has 0 unspecified atom stereocenters. The van der Waals surface area contributed by atoms with Crippen LogP contribution in [0.4, 0.5) is 5.69 Å². The molecule has 0 bridgehead atoms. The topological polar surface area (TPSA) is 42.7 Å². The summed E-state index contributed by atoms with van der Waals surface area (Å²) in [6.45, 7) is 3.95. The lowest BCUT2D eigenvalue weighted by atomic mass is 10.2. The van der Waals surface area contributed by atoms with Crippen LogP contribution in [0.3, 0.4) is 0 Å². The molecule has 0 aliphatic heterocycles. The fraction of sp³-hybridized carbons (Fsp3) is 0.200. The third-order valence-corrected chi connectivity index (χ3v) is 4.33. The predicted octanol–water partition coefficient (Wildman–Crippen LogP) is 4.40. The molecule has 120 valence electrons. The van der Waals surface area contributed by atoms with Gasteiger partial charge in [0.2, 0.25) is 0 Å². The molecule has 0 fully saturated rings. The molecule has 4 rings (SSSR count). The molecular weight excluding hydrogens is 296 g/mol. The van der Waals surface area contributed by atoms with Crippen LogP contribution in [0, 0.1) is 6.92 Å². The molecule has 0 radical (unpaired) electrons. The number of nitrogens with zero attached hydrogens (tertiary/aromatic N) is 3. The molecule has 2 aromatic heterocycles. The van der Waals surface area contributed by atoms with Crippen molar-refractivity contribution in [1.29, 1.82) is 0 Å². The standard InChI is InChI=1S/C20H20N4/c1-15-23-19-14-22-18-11-6-5-10-17(18)20(19)24(15)13-7-12-21-16-8-3-2-4-9-16/h2-6,8-11,14,21H,7,12-13H2,1H3. The van der Waals surface area contributed by atoms with E-state index in [1.54, 1.807) is 0 Å². The summed E-state index contributed by atoms with van der Waals surface area (Å²) in [5, 5.41) is 4.64. The average Bonchev–Trinajstić information content (AvgIpc) is 2.95. The Hall–Kier alpha value is -2.88. The molecule has 0 spiro atoms. The van der Waals surface area contributed by atoms with Gasteiger partial charge in [-0.3, -0.25) is 4.98 Å². The van der Waals surface area contributed by atoms with E-state index in [4.69, 9.17) is 0 Å². The van der Waals surface area contributed by atoms with Crippen molar-refractivity contribution >= 4 is 27.6 Å². The van der Waals surface area contributed by atoms with E-state index < -0.39 is 0 Å². The number of aromatic nitrogens is 3. The van der Waals surface area contributed by atoms with Gasteiger partial charge in [-0.05, 0) is 31.5 Å². The lowest BCUT2D eigenvalue weighted by molar-refractivity contribution is 0.660. The quantitative estimate of drug-likeness (QED) is 0.555. The number of imidazole rings is 1. The monoisotopic (exact) mass is 316 g/mol. The van der Waals surface area contributed by atoms with Crippen molar-refractivity contribution in [3.8, 4) is 0 Å². The number of pyridine rings is 1. The van der Waals surface area contributed by atoms with Gasteiger partial charge in [0, 0.05) is 24.2 Å². The largest absolute Gasteiger partial charge is 0.385 e. The van der Waals surface area contributed by atoms with Crippen molar-refractivity contribution in [3.05, 3.63) is 66.6 Å². The maximum absolute atomic E-state index is 4.68. The van der Waals surface area contributed by atoms with E-state index in [0.717, 1.165) is 36.4 Å². The molecule has 2 heterocycles. The first-order valence-corrected chi connectivity index (χ1v) is 8.32. The van der Waals surface area contributed by atoms with Gasteiger partial charge >= 0.3 is 0 Å². The lowest BCUT2D eigenvalue weighted by Gasteiger charge is -2.10. The van der Waals surface area contributed by atoms with Gasteiger partial charge in [0.1, 0.15) is 11.3 Å². The first-order valence-electron chi connectivity index (χ1n) is 8.32. The highest BCUT2D eigenvalue weighted by Crippen LogP contribution is 2.24. The lowest BCUT2D eigenvalue weighted by Crippen LogP contribution is -2.08. The molecule has 0 aliphatic carbocycles. The van der Waals surface area contributed by atoms with Gasteiger partial charge in [0.05, 0.1) is 17.2 Å². The van der Waals surface area contributed by atoms with E-state index in [1.165, 1.54) is 16.6 Å². The van der Waals surface area contributed by atoms with Crippen molar-refractivity contribution in [2.45, 2.75) is 19.9 Å². The van der Waals surface area contributed by atoms with E-state index in [1.807, 2.05) is 18.3 Å². The first kappa shape index (κ1) is 14.7. The normalized spacial score (nSPS) is 11.2. The second-order valence-corrected chi connectivity index (χ2v) is 5.97. The summed E-state index contributed by atoms with van der Waals surface area (Å²) in [6.07, 6.45) is 2.92. The van der Waals surface area contributed by atoms with Crippen LogP contribution >= 0.6 is 0 Å². The second-order valence-electron chi connectivity index (χ2n) is 5.97. The smallest absolute Gasteiger partial charge is 0.108 e. The van der Waals surface area contributed by atoms with Gasteiger partial charge in [0.25, 0.3) is 0 Å². The Morgan fingerprint density at radius 1 is 0.958 bits per heavy atom. The molecule has 2 aromatic carbocycles. The van der Waals surface area contributed by atoms with Gasteiger partial charge in [-0.1, -0.05) is 36.4 Å². The zero-order chi connectivity index (χ0) is 16.4. The minimum atomic E-state index is 0.937. The zero-order valence-corrected chi connectivity index (χ0v) is 13.7. The first-order chi connectivity index (χ1) is 11.8. The SMILES string of the molecule is Cc1nc2cnc3ccccc3c2n1CCCNc1ccccc1. The third-order valence-electron chi connectivity index (χ3n) is 4.33. The molecule has 4 aromatic rings. The van der Waals surface area contributed by atoms with Crippen molar-refractivity contribution < 1.29 is 0 Å². The van der Waals surface area contributed by atoms with Gasteiger partial charge < -0.3 is 9.88 Å². The molecule has 1 N–H and O–H groups in total. The minimum absolute atomic E-state index is 0.937. The van der Waals surface area contributed by atoms with Gasteiger partial charge in [-0.2, -0.15) is 0 Å². The fourth-order valence-electron chi connectivity index (χ4n) is 3.18. The summed E-state index contributed by atoms with van der Waals surface area (Å²) >= 11 is 0. The Labute approximate surface area is 141 Å². The minimum Gasteiger partial charge on any atom is -0.385 e. The van der Waals surface area contributed by atoms with E-state index >= 15 is 0 Å². The summed E-state index contributed by atoms with van der Waals surface area (Å²) < 4.78 is 2.31. The Balaban J connectivity index is 1.57. The highest BCUT2D eigenvalue weighted by molar-refractivity contribution is 6.02. The van der Waals surface area contributed by atoms with Crippen molar-refractivity contribution in [1.82, 2.24) is 14.5 Å². The zero-order valence-electron chi connectivity index (χ0n) is 13.7. The Kier molecular flexibility index (Phi) is 3.87. The molecule has 0 saturated heterocycles. The second kappa shape index (κ2) is 6.32. The number of hydrogen-bond acceptors (Lipinski definition) is 3. The average molecular weight is 316 g/mol. The number of benzene rings is 2. The predicted molar refractivity (Wildman–Crippen MR) is 99.3 cm³/mol. The molecule has 0 aliphatic rings. The number of fused-ring (bicyclic) bond motifs is 3. The highest BCUT2D eigenvalue weighted by Gasteiger charge is 2.11. The molecule has 0 amide bonds. The summed E-state index contributed by atoms with van der Waals surface area (Å²) in [5.74, 6) is 1.04. The van der Waals surface area contributed by atoms with Crippen molar-refractivity contribution in [2.75, 3.05) is 11.9 Å². The van der Waals surface area contributed by atoms with Crippen LogP contribution in [-0.2, 0) is 6.54 Å². The molecule has 0 atom stereocenters. The molecule has 4 nitrogen and oxygen atoms in total. The maximum atomic E-state index is 4.68. The molecule has 0 saturated carbocycles. The fourth-order valence-corrected chi connectivity index (χ4v) is 3.18. The molecule has 24 heavy (non-hydrogen) atoms. The van der Waals surface area contributed by atoms with E-state index in [0.29, 0.717) is 0 Å². The Morgan fingerprint density at radius 3 is 2.62 bits per heavy atom. The van der Waals surface area contributed by atoms with Crippen LogP contribution in [0.1, 0.15) is 12.2 Å². The van der Waals surface area contributed by atoms with Crippen LogP contribution in [0.25, 0.3) is 21.9 Å². The van der Waals surface area contributed by atoms with Gasteiger partial charge in [0.15, 0.2) is 0 Å². The number of anilines is 1. The van der Waals surface area contributed by atoms with Crippen molar-refractivity contribution in [2.24, 2.45) is 0 Å². The Morgan fingerprint density at radius 2 is 1.75 bits per heavy atom. The summed E-state index contributed by atoms with van der Waals surface area (Å²) in [4.78, 5) is 9.19.